The highest BCUT2D eigenvalue weighted by atomic mass is 15.5. The van der Waals surface area contributed by atoms with Crippen molar-refractivity contribution < 1.29 is 0 Å². The smallest absolute Gasteiger partial charge is 0.181 e. The van der Waals surface area contributed by atoms with E-state index in [0.29, 0.717) is 0 Å². The second-order valence-corrected chi connectivity index (χ2v) is 6.14. The van der Waals surface area contributed by atoms with Gasteiger partial charge in [-0.2, -0.15) is 0 Å². The summed E-state index contributed by atoms with van der Waals surface area (Å²) < 4.78 is 3.80. The molecule has 0 aliphatic carbocycles. The van der Waals surface area contributed by atoms with Gasteiger partial charge in [-0.25, -0.2) is 9.67 Å². The molecule has 5 aromatic rings. The van der Waals surface area contributed by atoms with Crippen molar-refractivity contribution in [3.05, 3.63) is 48.8 Å². The monoisotopic (exact) mass is 329 g/mol. The number of aromatic nitrogens is 7. The first-order valence-electron chi connectivity index (χ1n) is 7.96. The Hall–Kier alpha value is -3.48. The molecule has 122 valence electrons. The molecule has 0 saturated carbocycles. The molecule has 0 bridgehead atoms. The van der Waals surface area contributed by atoms with Crippen LogP contribution in [-0.4, -0.2) is 34.7 Å². The van der Waals surface area contributed by atoms with E-state index in [1.165, 1.54) is 0 Å². The van der Waals surface area contributed by atoms with Crippen LogP contribution < -0.4 is 0 Å². The molecule has 0 spiro atoms. The fraction of sp³-hybridized carbons (Fsp3) is 0.111. The summed E-state index contributed by atoms with van der Waals surface area (Å²) in [5.74, 6) is 0.745. The minimum Gasteiger partial charge on any atom is -0.350 e. The van der Waals surface area contributed by atoms with Gasteiger partial charge in [0.25, 0.3) is 0 Å². The molecule has 1 N–H and O–H groups in total. The lowest BCUT2D eigenvalue weighted by atomic mass is 10.1. The van der Waals surface area contributed by atoms with Crippen LogP contribution >= 0.6 is 0 Å². The summed E-state index contributed by atoms with van der Waals surface area (Å²) in [5.41, 5.74) is 5.21. The van der Waals surface area contributed by atoms with E-state index < -0.39 is 0 Å². The standard InChI is InChI=1S/C18H15N7/c1-24-10-14(15-9-11-4-3-7-19-17(11)20-15)13-8-12(5-6-16(13)24)18-21-22-23-25(18)2/h3-10H,1-2H3,(H,19,20). The van der Waals surface area contributed by atoms with Crippen LogP contribution in [0.2, 0.25) is 0 Å². The van der Waals surface area contributed by atoms with Gasteiger partial charge < -0.3 is 9.55 Å². The first kappa shape index (κ1) is 13.9. The highest BCUT2D eigenvalue weighted by molar-refractivity contribution is 5.99. The Bertz CT molecular complexity index is 1190. The number of fused-ring (bicyclic) bond motifs is 2. The van der Waals surface area contributed by atoms with E-state index in [1.54, 1.807) is 10.9 Å². The second kappa shape index (κ2) is 5.01. The number of aryl methyl sites for hydroxylation is 2. The van der Waals surface area contributed by atoms with Gasteiger partial charge in [0.05, 0.1) is 0 Å². The summed E-state index contributed by atoms with van der Waals surface area (Å²) in [5, 5.41) is 14.0. The fourth-order valence-electron chi connectivity index (χ4n) is 3.32. The van der Waals surface area contributed by atoms with Crippen LogP contribution in [0.5, 0.6) is 0 Å². The largest absolute Gasteiger partial charge is 0.350 e. The summed E-state index contributed by atoms with van der Waals surface area (Å²) in [6, 6.07) is 12.4. The zero-order chi connectivity index (χ0) is 17.0. The molecule has 1 aromatic carbocycles. The van der Waals surface area contributed by atoms with Gasteiger partial charge in [-0.1, -0.05) is 0 Å². The summed E-state index contributed by atoms with van der Waals surface area (Å²) in [4.78, 5) is 7.80. The maximum atomic E-state index is 4.39. The topological polar surface area (TPSA) is 77.2 Å². The molecule has 4 aromatic heterocycles. The lowest BCUT2D eigenvalue weighted by Gasteiger charge is -2.02. The highest BCUT2D eigenvalue weighted by Gasteiger charge is 2.14. The van der Waals surface area contributed by atoms with E-state index in [2.05, 4.69) is 67.6 Å². The normalized spacial score (nSPS) is 11.6. The minimum absolute atomic E-state index is 0.745. The molecule has 0 atom stereocenters. The van der Waals surface area contributed by atoms with Crippen molar-refractivity contribution in [2.24, 2.45) is 14.1 Å². The van der Waals surface area contributed by atoms with Crippen LogP contribution in [0, 0.1) is 0 Å². The molecular formula is C18H15N7. The number of tetrazole rings is 1. The molecule has 0 amide bonds. The molecule has 0 unspecified atom stereocenters. The van der Waals surface area contributed by atoms with Gasteiger partial charge in [0.15, 0.2) is 5.82 Å². The van der Waals surface area contributed by atoms with Crippen molar-refractivity contribution >= 4 is 21.9 Å². The molecule has 0 radical (unpaired) electrons. The zero-order valence-corrected chi connectivity index (χ0v) is 13.8. The molecule has 7 nitrogen and oxygen atoms in total. The number of aromatic amines is 1. The van der Waals surface area contributed by atoms with Gasteiger partial charge in [-0.15, -0.1) is 5.10 Å². The predicted octanol–water partition coefficient (Wildman–Crippen LogP) is 2.91. The average Bonchev–Trinajstić information content (AvgIpc) is 3.31. The highest BCUT2D eigenvalue weighted by Crippen LogP contribution is 2.33. The van der Waals surface area contributed by atoms with Gasteiger partial charge in [-0.05, 0) is 46.8 Å². The van der Waals surface area contributed by atoms with E-state index in [0.717, 1.165) is 44.6 Å². The van der Waals surface area contributed by atoms with Crippen molar-refractivity contribution in [3.63, 3.8) is 0 Å². The zero-order valence-electron chi connectivity index (χ0n) is 13.8. The van der Waals surface area contributed by atoms with Crippen LogP contribution in [0.4, 0.5) is 0 Å². The number of hydrogen-bond acceptors (Lipinski definition) is 4. The fourth-order valence-corrected chi connectivity index (χ4v) is 3.32. The number of H-pyrrole nitrogens is 1. The first-order chi connectivity index (χ1) is 12.2. The molecule has 5 rings (SSSR count). The molecule has 0 fully saturated rings. The van der Waals surface area contributed by atoms with Crippen LogP contribution in [0.1, 0.15) is 0 Å². The molecule has 25 heavy (non-hydrogen) atoms. The Balaban J connectivity index is 1.76. The van der Waals surface area contributed by atoms with E-state index in [1.807, 2.05) is 19.2 Å². The number of rotatable bonds is 2. The Labute approximate surface area is 142 Å². The predicted molar refractivity (Wildman–Crippen MR) is 95.8 cm³/mol. The second-order valence-electron chi connectivity index (χ2n) is 6.14. The van der Waals surface area contributed by atoms with Crippen LogP contribution in [0.3, 0.4) is 0 Å². The Morgan fingerprint density at radius 3 is 2.80 bits per heavy atom. The summed E-state index contributed by atoms with van der Waals surface area (Å²) in [7, 11) is 3.89. The van der Waals surface area contributed by atoms with Crippen LogP contribution in [-0.2, 0) is 14.1 Å². The number of benzene rings is 1. The summed E-state index contributed by atoms with van der Waals surface area (Å²) >= 11 is 0. The van der Waals surface area contributed by atoms with Gasteiger partial charge in [0, 0.05) is 59.6 Å². The van der Waals surface area contributed by atoms with E-state index in [4.69, 9.17) is 0 Å². The van der Waals surface area contributed by atoms with Crippen LogP contribution in [0.15, 0.2) is 48.8 Å². The lowest BCUT2D eigenvalue weighted by Crippen LogP contribution is -1.94. The number of pyridine rings is 1. The van der Waals surface area contributed by atoms with E-state index >= 15 is 0 Å². The van der Waals surface area contributed by atoms with Crippen molar-refractivity contribution in [1.29, 1.82) is 0 Å². The molecule has 0 aliphatic heterocycles. The van der Waals surface area contributed by atoms with Crippen molar-refractivity contribution in [3.8, 4) is 22.6 Å². The van der Waals surface area contributed by atoms with Gasteiger partial charge >= 0.3 is 0 Å². The molecule has 7 heteroatoms. The van der Waals surface area contributed by atoms with Crippen molar-refractivity contribution in [1.82, 2.24) is 34.7 Å². The van der Waals surface area contributed by atoms with E-state index in [9.17, 15) is 0 Å². The maximum Gasteiger partial charge on any atom is 0.181 e. The molecule has 0 saturated heterocycles. The quantitative estimate of drug-likeness (QED) is 0.540. The van der Waals surface area contributed by atoms with Crippen molar-refractivity contribution in [2.45, 2.75) is 0 Å². The first-order valence-corrected chi connectivity index (χ1v) is 7.96. The maximum absolute atomic E-state index is 4.39. The van der Waals surface area contributed by atoms with Gasteiger partial charge in [0.2, 0.25) is 0 Å². The third kappa shape index (κ3) is 2.06. The van der Waals surface area contributed by atoms with E-state index in [-0.39, 0.29) is 0 Å². The Morgan fingerprint density at radius 1 is 1.08 bits per heavy atom. The average molecular weight is 329 g/mol. The van der Waals surface area contributed by atoms with Crippen LogP contribution in [0.25, 0.3) is 44.6 Å². The SMILES string of the molecule is Cn1nnnc1-c1ccc2c(c1)c(-c1cc3cccnc3[nH]1)cn2C. The molecular weight excluding hydrogens is 314 g/mol. The number of nitrogens with zero attached hydrogens (tertiary/aromatic N) is 6. The molecule has 4 heterocycles. The minimum atomic E-state index is 0.745. The third-order valence-electron chi connectivity index (χ3n) is 4.55. The molecule has 0 aliphatic rings. The number of hydrogen-bond donors (Lipinski definition) is 1. The number of nitrogens with one attached hydrogen (secondary N) is 1. The lowest BCUT2D eigenvalue weighted by molar-refractivity contribution is 0.715. The summed E-state index contributed by atoms with van der Waals surface area (Å²) in [6.45, 7) is 0. The third-order valence-corrected chi connectivity index (χ3v) is 4.55. The summed E-state index contributed by atoms with van der Waals surface area (Å²) in [6.07, 6.45) is 3.93. The van der Waals surface area contributed by atoms with Gasteiger partial charge in [0.1, 0.15) is 5.65 Å². The van der Waals surface area contributed by atoms with Crippen molar-refractivity contribution in [2.75, 3.05) is 0 Å². The Kier molecular flexibility index (Phi) is 2.79. The van der Waals surface area contributed by atoms with Gasteiger partial charge in [-0.3, -0.25) is 0 Å². The Morgan fingerprint density at radius 2 is 2.00 bits per heavy atom.